The van der Waals surface area contributed by atoms with Crippen molar-refractivity contribution in [2.24, 2.45) is 5.92 Å². The van der Waals surface area contributed by atoms with Crippen LogP contribution in [0.2, 0.25) is 0 Å². The number of nitrogen functional groups attached to an aromatic ring is 1. The first-order chi connectivity index (χ1) is 9.97. The number of nitrogens with two attached hydrogens (primary N) is 1. The topological polar surface area (TPSA) is 102 Å². The lowest BCUT2D eigenvalue weighted by atomic mass is 9.98. The molecule has 1 fully saturated rings. The summed E-state index contributed by atoms with van der Waals surface area (Å²) in [6, 6.07) is 4.11. The Labute approximate surface area is 123 Å². The summed E-state index contributed by atoms with van der Waals surface area (Å²) in [6.45, 7) is 2.64. The minimum Gasteiger partial charge on any atom is -0.393 e. The van der Waals surface area contributed by atoms with E-state index < -0.39 is 4.92 Å². The van der Waals surface area contributed by atoms with Crippen molar-refractivity contribution >= 4 is 17.3 Å². The van der Waals surface area contributed by atoms with Crippen molar-refractivity contribution in [2.75, 3.05) is 32.4 Å². The number of nitro groups is 1. The molecule has 1 saturated heterocycles. The largest absolute Gasteiger partial charge is 0.393 e. The Morgan fingerprint density at radius 2 is 2.33 bits per heavy atom. The fourth-order valence-electron chi connectivity index (χ4n) is 2.62. The molecule has 7 nitrogen and oxygen atoms in total. The molecule has 0 aliphatic carbocycles. The average molecular weight is 292 g/mol. The number of nitrogens with one attached hydrogen (secondary N) is 1. The number of rotatable bonds is 4. The van der Waals surface area contributed by atoms with Gasteiger partial charge in [0.2, 0.25) is 0 Å². The van der Waals surface area contributed by atoms with Gasteiger partial charge in [0.25, 0.3) is 11.6 Å². The summed E-state index contributed by atoms with van der Waals surface area (Å²) in [7, 11) is 2.07. The Kier molecular flexibility index (Phi) is 4.74. The maximum Gasteiger partial charge on any atom is 0.292 e. The summed E-state index contributed by atoms with van der Waals surface area (Å²) in [4.78, 5) is 24.6. The molecule has 0 bridgehead atoms. The zero-order valence-electron chi connectivity index (χ0n) is 12.0. The molecule has 0 radical (unpaired) electrons. The zero-order valence-corrected chi connectivity index (χ0v) is 12.0. The average Bonchev–Trinajstić information content (AvgIpc) is 2.45. The number of amides is 1. The maximum absolute atomic E-state index is 12.1. The first-order valence-electron chi connectivity index (χ1n) is 6.98. The highest BCUT2D eigenvalue weighted by atomic mass is 16.6. The predicted octanol–water partition coefficient (Wildman–Crippen LogP) is 1.25. The number of nitro benzene ring substituents is 1. The van der Waals surface area contributed by atoms with Gasteiger partial charge in [-0.25, -0.2) is 0 Å². The molecular weight excluding hydrogens is 272 g/mol. The second kappa shape index (κ2) is 6.53. The number of hydrogen-bond donors (Lipinski definition) is 2. The fourth-order valence-corrected chi connectivity index (χ4v) is 2.62. The van der Waals surface area contributed by atoms with Crippen LogP contribution in [0, 0.1) is 16.0 Å². The lowest BCUT2D eigenvalue weighted by Crippen LogP contribution is -2.39. The Morgan fingerprint density at radius 3 is 3.00 bits per heavy atom. The van der Waals surface area contributed by atoms with E-state index in [-0.39, 0.29) is 22.8 Å². The van der Waals surface area contributed by atoms with E-state index in [1.807, 2.05) is 0 Å². The lowest BCUT2D eigenvalue weighted by Gasteiger charge is -2.29. The van der Waals surface area contributed by atoms with E-state index >= 15 is 0 Å². The minimum atomic E-state index is -0.581. The number of piperidine rings is 1. The van der Waals surface area contributed by atoms with Gasteiger partial charge < -0.3 is 16.0 Å². The van der Waals surface area contributed by atoms with E-state index in [0.29, 0.717) is 12.5 Å². The molecule has 3 N–H and O–H groups in total. The molecule has 1 atom stereocenters. The van der Waals surface area contributed by atoms with Crippen LogP contribution >= 0.6 is 0 Å². The third-order valence-corrected chi connectivity index (χ3v) is 3.76. The second-order valence-corrected chi connectivity index (χ2v) is 5.51. The Bertz CT molecular complexity index is 547. The van der Waals surface area contributed by atoms with Gasteiger partial charge in [0, 0.05) is 24.7 Å². The van der Waals surface area contributed by atoms with Crippen molar-refractivity contribution in [3.8, 4) is 0 Å². The first kappa shape index (κ1) is 15.2. The Hall–Kier alpha value is -2.15. The van der Waals surface area contributed by atoms with Gasteiger partial charge in [0.05, 0.1) is 4.92 Å². The molecule has 0 saturated carbocycles. The predicted molar refractivity (Wildman–Crippen MR) is 80.1 cm³/mol. The van der Waals surface area contributed by atoms with Gasteiger partial charge in [0.1, 0.15) is 5.69 Å². The maximum atomic E-state index is 12.1. The normalized spacial score (nSPS) is 19.2. The smallest absolute Gasteiger partial charge is 0.292 e. The summed E-state index contributed by atoms with van der Waals surface area (Å²) in [6.07, 6.45) is 2.22. The van der Waals surface area contributed by atoms with Gasteiger partial charge in [-0.1, -0.05) is 0 Å². The third kappa shape index (κ3) is 3.91. The highest BCUT2D eigenvalue weighted by Gasteiger charge is 2.19. The summed E-state index contributed by atoms with van der Waals surface area (Å²) >= 11 is 0. The van der Waals surface area contributed by atoms with Crippen molar-refractivity contribution < 1.29 is 9.72 Å². The molecule has 0 spiro atoms. The quantitative estimate of drug-likeness (QED) is 0.494. The van der Waals surface area contributed by atoms with Crippen molar-refractivity contribution in [3.63, 3.8) is 0 Å². The van der Waals surface area contributed by atoms with E-state index in [9.17, 15) is 14.9 Å². The van der Waals surface area contributed by atoms with E-state index in [4.69, 9.17) is 5.73 Å². The molecule has 21 heavy (non-hydrogen) atoms. The third-order valence-electron chi connectivity index (χ3n) is 3.76. The Balaban J connectivity index is 1.97. The number of carbonyl (C=O) groups is 1. The highest BCUT2D eigenvalue weighted by molar-refractivity contribution is 5.95. The molecule has 114 valence electrons. The van der Waals surface area contributed by atoms with Crippen LogP contribution in [0.15, 0.2) is 18.2 Å². The van der Waals surface area contributed by atoms with Crippen LogP contribution in [0.3, 0.4) is 0 Å². The molecule has 1 aromatic carbocycles. The summed E-state index contributed by atoms with van der Waals surface area (Å²) < 4.78 is 0. The first-order valence-corrected chi connectivity index (χ1v) is 6.98. The van der Waals surface area contributed by atoms with Crippen LogP contribution < -0.4 is 11.1 Å². The van der Waals surface area contributed by atoms with Crippen molar-refractivity contribution in [2.45, 2.75) is 12.8 Å². The van der Waals surface area contributed by atoms with Crippen LogP contribution in [-0.2, 0) is 0 Å². The van der Waals surface area contributed by atoms with Crippen LogP contribution in [0.5, 0.6) is 0 Å². The summed E-state index contributed by atoms with van der Waals surface area (Å²) in [5.74, 6) is 0.128. The van der Waals surface area contributed by atoms with Crippen LogP contribution in [0.25, 0.3) is 0 Å². The molecule has 1 aliphatic heterocycles. The zero-order chi connectivity index (χ0) is 15.4. The van der Waals surface area contributed by atoms with Gasteiger partial charge in [-0.05, 0) is 44.5 Å². The number of benzene rings is 1. The van der Waals surface area contributed by atoms with Crippen molar-refractivity contribution in [1.29, 1.82) is 0 Å². The van der Waals surface area contributed by atoms with Gasteiger partial charge in [0.15, 0.2) is 0 Å². The number of anilines is 1. The van der Waals surface area contributed by atoms with Crippen molar-refractivity contribution in [1.82, 2.24) is 10.2 Å². The van der Waals surface area contributed by atoms with E-state index in [1.54, 1.807) is 0 Å². The van der Waals surface area contributed by atoms with Gasteiger partial charge >= 0.3 is 0 Å². The molecule has 1 aromatic rings. The van der Waals surface area contributed by atoms with E-state index in [2.05, 4.69) is 17.3 Å². The molecule has 1 heterocycles. The van der Waals surface area contributed by atoms with E-state index in [0.717, 1.165) is 25.9 Å². The van der Waals surface area contributed by atoms with Crippen LogP contribution in [-0.4, -0.2) is 42.4 Å². The molecule has 1 unspecified atom stereocenters. The van der Waals surface area contributed by atoms with Crippen LogP contribution in [0.1, 0.15) is 23.2 Å². The SMILES string of the molecule is CN1CCCC(CNC(=O)c2ccc(N)c([N+](=O)[O-])c2)C1. The summed E-state index contributed by atoms with van der Waals surface area (Å²) in [5, 5.41) is 13.7. The Morgan fingerprint density at radius 1 is 1.57 bits per heavy atom. The second-order valence-electron chi connectivity index (χ2n) is 5.51. The lowest BCUT2D eigenvalue weighted by molar-refractivity contribution is -0.383. The number of hydrogen-bond acceptors (Lipinski definition) is 5. The minimum absolute atomic E-state index is 0.0606. The van der Waals surface area contributed by atoms with Gasteiger partial charge in [-0.15, -0.1) is 0 Å². The molecule has 0 aromatic heterocycles. The number of likely N-dealkylation sites (tertiary alicyclic amines) is 1. The highest BCUT2D eigenvalue weighted by Crippen LogP contribution is 2.22. The molecule has 1 amide bonds. The number of carbonyl (C=O) groups excluding carboxylic acids is 1. The summed E-state index contributed by atoms with van der Waals surface area (Å²) in [5.41, 5.74) is 5.61. The molecular formula is C14H20N4O3. The fraction of sp³-hybridized carbons (Fsp3) is 0.500. The molecule has 2 rings (SSSR count). The van der Waals surface area contributed by atoms with Crippen molar-refractivity contribution in [3.05, 3.63) is 33.9 Å². The van der Waals surface area contributed by atoms with Crippen LogP contribution in [0.4, 0.5) is 11.4 Å². The van der Waals surface area contributed by atoms with E-state index in [1.165, 1.54) is 18.2 Å². The molecule has 1 aliphatic rings. The van der Waals surface area contributed by atoms with Gasteiger partial charge in [-0.2, -0.15) is 0 Å². The standard InChI is InChI=1S/C14H20N4O3/c1-17-6-2-3-10(9-17)8-16-14(19)11-4-5-12(15)13(7-11)18(20)21/h4-5,7,10H,2-3,6,8-9,15H2,1H3,(H,16,19). The molecule has 7 heteroatoms. The number of nitrogens with zero attached hydrogens (tertiary/aromatic N) is 2. The monoisotopic (exact) mass is 292 g/mol. The van der Waals surface area contributed by atoms with Gasteiger partial charge in [-0.3, -0.25) is 14.9 Å².